The molecular formula is C14H19N3O4S. The zero-order valence-corrected chi connectivity index (χ0v) is 13.7. The van der Waals surface area contributed by atoms with Crippen molar-refractivity contribution in [1.29, 1.82) is 5.26 Å². The molecule has 2 atom stereocenters. The topological polar surface area (TPSA) is 103 Å². The number of aliphatic hydroxyl groups excluding tert-OH is 1. The minimum atomic E-state index is -3.76. The van der Waals surface area contributed by atoms with Crippen LogP contribution in [0.25, 0.3) is 0 Å². The Morgan fingerprint density at radius 2 is 2.05 bits per heavy atom. The van der Waals surface area contributed by atoms with Crippen LogP contribution in [0, 0.1) is 11.3 Å². The van der Waals surface area contributed by atoms with Crippen LogP contribution in [0.15, 0.2) is 18.2 Å². The Morgan fingerprint density at radius 1 is 1.41 bits per heavy atom. The molecule has 1 aliphatic rings. The molecule has 120 valence electrons. The minimum absolute atomic E-state index is 0.364. The number of rotatable bonds is 3. The summed E-state index contributed by atoms with van der Waals surface area (Å²) < 4.78 is 33.5. The van der Waals surface area contributed by atoms with Crippen molar-refractivity contribution in [1.82, 2.24) is 9.03 Å². The van der Waals surface area contributed by atoms with Gasteiger partial charge in [0.1, 0.15) is 17.5 Å². The normalized spacial score (nSPS) is 23.5. The maximum atomic E-state index is 12.1. The number of aliphatic hydroxyl groups is 1. The molecule has 22 heavy (non-hydrogen) atoms. The van der Waals surface area contributed by atoms with Crippen molar-refractivity contribution < 1.29 is 18.3 Å². The number of nitrogens with one attached hydrogen (secondary N) is 1. The van der Waals surface area contributed by atoms with Crippen LogP contribution in [0.4, 0.5) is 0 Å². The van der Waals surface area contributed by atoms with E-state index < -0.39 is 28.0 Å². The standard InChI is InChI=1S/C14H19N3O4S/c1-14(2)13(18)12(16-22(19,20)17(3)4)10-7-9(8-15)5-6-11(10)21-14/h5-7,12-13,16,18H,1-4H3. The predicted molar refractivity (Wildman–Crippen MR) is 80.4 cm³/mol. The van der Waals surface area contributed by atoms with Crippen molar-refractivity contribution >= 4 is 10.2 Å². The summed E-state index contributed by atoms with van der Waals surface area (Å²) in [5, 5.41) is 19.5. The molecule has 0 aliphatic carbocycles. The molecule has 8 heteroatoms. The predicted octanol–water partition coefficient (Wildman–Crippen LogP) is 0.527. The second kappa shape index (κ2) is 5.52. The van der Waals surface area contributed by atoms with Gasteiger partial charge < -0.3 is 9.84 Å². The van der Waals surface area contributed by atoms with Crippen LogP contribution in [0.2, 0.25) is 0 Å². The Bertz CT molecular complexity index is 722. The van der Waals surface area contributed by atoms with Crippen molar-refractivity contribution in [3.05, 3.63) is 29.3 Å². The third-order valence-corrected chi connectivity index (χ3v) is 5.14. The van der Waals surface area contributed by atoms with Gasteiger partial charge in [-0.2, -0.15) is 22.7 Å². The second-order valence-electron chi connectivity index (χ2n) is 5.90. The molecular weight excluding hydrogens is 306 g/mol. The van der Waals surface area contributed by atoms with Gasteiger partial charge in [0.15, 0.2) is 0 Å². The number of nitrogens with zero attached hydrogens (tertiary/aromatic N) is 2. The van der Waals surface area contributed by atoms with Gasteiger partial charge in [0.25, 0.3) is 10.2 Å². The van der Waals surface area contributed by atoms with Gasteiger partial charge in [-0.05, 0) is 32.0 Å². The molecule has 0 fully saturated rings. The molecule has 2 unspecified atom stereocenters. The summed E-state index contributed by atoms with van der Waals surface area (Å²) in [4.78, 5) is 0. The quantitative estimate of drug-likeness (QED) is 0.844. The Labute approximate surface area is 130 Å². The van der Waals surface area contributed by atoms with Gasteiger partial charge in [0.05, 0.1) is 17.7 Å². The van der Waals surface area contributed by atoms with Crippen molar-refractivity contribution in [2.24, 2.45) is 0 Å². The van der Waals surface area contributed by atoms with E-state index in [-0.39, 0.29) is 0 Å². The zero-order chi connectivity index (χ0) is 16.7. The molecule has 1 aromatic rings. The Morgan fingerprint density at radius 3 is 2.59 bits per heavy atom. The van der Waals surface area contributed by atoms with E-state index in [0.717, 1.165) is 4.31 Å². The lowest BCUT2D eigenvalue weighted by atomic mass is 9.86. The van der Waals surface area contributed by atoms with Crippen molar-refractivity contribution in [3.8, 4) is 11.8 Å². The first kappa shape index (κ1) is 16.7. The fourth-order valence-electron chi connectivity index (χ4n) is 2.26. The van der Waals surface area contributed by atoms with Crippen molar-refractivity contribution in [2.75, 3.05) is 14.1 Å². The van der Waals surface area contributed by atoms with Gasteiger partial charge >= 0.3 is 0 Å². The van der Waals surface area contributed by atoms with Crippen molar-refractivity contribution in [3.63, 3.8) is 0 Å². The van der Waals surface area contributed by atoms with Crippen LogP contribution in [0.1, 0.15) is 31.0 Å². The van der Waals surface area contributed by atoms with Gasteiger partial charge in [0, 0.05) is 19.7 Å². The first-order valence-electron chi connectivity index (χ1n) is 6.69. The Kier molecular flexibility index (Phi) is 4.19. The summed E-state index contributed by atoms with van der Waals surface area (Å²) >= 11 is 0. The second-order valence-corrected chi connectivity index (χ2v) is 7.81. The molecule has 2 rings (SSSR count). The highest BCUT2D eigenvalue weighted by Crippen LogP contribution is 2.40. The number of hydrogen-bond donors (Lipinski definition) is 2. The molecule has 1 aromatic carbocycles. The average molecular weight is 325 g/mol. The first-order valence-corrected chi connectivity index (χ1v) is 8.13. The van der Waals surface area contributed by atoms with E-state index >= 15 is 0 Å². The number of benzene rings is 1. The van der Waals surface area contributed by atoms with Crippen LogP contribution in [-0.2, 0) is 10.2 Å². The van der Waals surface area contributed by atoms with Gasteiger partial charge in [-0.25, -0.2) is 0 Å². The number of hydrogen-bond acceptors (Lipinski definition) is 5. The molecule has 0 aromatic heterocycles. The fraction of sp³-hybridized carbons (Fsp3) is 0.500. The fourth-order valence-corrected chi connectivity index (χ4v) is 3.05. The lowest BCUT2D eigenvalue weighted by Crippen LogP contribution is -2.54. The third-order valence-electron chi connectivity index (χ3n) is 3.63. The van der Waals surface area contributed by atoms with E-state index in [9.17, 15) is 13.5 Å². The third kappa shape index (κ3) is 2.94. The van der Waals surface area contributed by atoms with Crippen LogP contribution in [0.3, 0.4) is 0 Å². The highest BCUT2D eigenvalue weighted by atomic mass is 32.2. The smallest absolute Gasteiger partial charge is 0.279 e. The largest absolute Gasteiger partial charge is 0.485 e. The molecule has 0 amide bonds. The van der Waals surface area contributed by atoms with Crippen LogP contribution in [-0.4, -0.2) is 43.6 Å². The summed E-state index contributed by atoms with van der Waals surface area (Å²) in [6, 6.07) is 5.81. The van der Waals surface area contributed by atoms with Crippen molar-refractivity contribution in [2.45, 2.75) is 31.6 Å². The number of nitriles is 1. The minimum Gasteiger partial charge on any atom is -0.485 e. The monoisotopic (exact) mass is 325 g/mol. The maximum Gasteiger partial charge on any atom is 0.279 e. The van der Waals surface area contributed by atoms with E-state index in [1.165, 1.54) is 20.2 Å². The first-order chi connectivity index (χ1) is 10.1. The van der Waals surface area contributed by atoms with E-state index in [2.05, 4.69) is 4.72 Å². The van der Waals surface area contributed by atoms with Gasteiger partial charge in [-0.3, -0.25) is 0 Å². The Balaban J connectivity index is 2.54. The molecule has 1 aliphatic heterocycles. The highest BCUT2D eigenvalue weighted by molar-refractivity contribution is 7.87. The number of fused-ring (bicyclic) bond motifs is 1. The van der Waals surface area contributed by atoms with Gasteiger partial charge in [0.2, 0.25) is 0 Å². The molecule has 0 saturated carbocycles. The zero-order valence-electron chi connectivity index (χ0n) is 12.9. The summed E-state index contributed by atoms with van der Waals surface area (Å²) in [5.41, 5.74) is -0.166. The lowest BCUT2D eigenvalue weighted by molar-refractivity contribution is -0.0604. The molecule has 0 bridgehead atoms. The van der Waals surface area contributed by atoms with Crippen LogP contribution < -0.4 is 9.46 Å². The maximum absolute atomic E-state index is 12.1. The van der Waals surface area contributed by atoms with E-state index in [1.54, 1.807) is 26.0 Å². The molecule has 0 spiro atoms. The van der Waals surface area contributed by atoms with Gasteiger partial charge in [-0.1, -0.05) is 0 Å². The average Bonchev–Trinajstić information content (AvgIpc) is 2.43. The molecule has 7 nitrogen and oxygen atoms in total. The van der Waals surface area contributed by atoms with Gasteiger partial charge in [-0.15, -0.1) is 0 Å². The highest BCUT2D eigenvalue weighted by Gasteiger charge is 2.44. The molecule has 1 heterocycles. The molecule has 0 radical (unpaired) electrons. The SMILES string of the molecule is CN(C)S(=O)(=O)NC1c2cc(C#N)ccc2OC(C)(C)C1O. The van der Waals surface area contributed by atoms with Crippen LogP contribution in [0.5, 0.6) is 5.75 Å². The lowest BCUT2D eigenvalue weighted by Gasteiger charge is -2.42. The summed E-state index contributed by atoms with van der Waals surface area (Å²) in [5.74, 6) is 0.445. The van der Waals surface area contributed by atoms with E-state index in [1.807, 2.05) is 6.07 Å². The summed E-state index contributed by atoms with van der Waals surface area (Å²) in [7, 11) is -0.969. The molecule has 2 N–H and O–H groups in total. The molecule has 0 saturated heterocycles. The summed E-state index contributed by atoms with van der Waals surface area (Å²) in [6.07, 6.45) is -1.11. The van der Waals surface area contributed by atoms with E-state index in [4.69, 9.17) is 10.00 Å². The number of ether oxygens (including phenoxy) is 1. The van der Waals surface area contributed by atoms with Crippen LogP contribution >= 0.6 is 0 Å². The Hall–Kier alpha value is -1.66. The summed E-state index contributed by atoms with van der Waals surface area (Å²) in [6.45, 7) is 3.35. The van der Waals surface area contributed by atoms with E-state index in [0.29, 0.717) is 16.9 Å².